The molecule has 0 aliphatic rings. The third kappa shape index (κ3) is 5.04. The molecular weight excluding hydrogens is 377 g/mol. The van der Waals surface area contributed by atoms with Gasteiger partial charge in [-0.3, -0.25) is 19.5 Å². The van der Waals surface area contributed by atoms with Crippen LogP contribution in [0.1, 0.15) is 26.3 Å². The summed E-state index contributed by atoms with van der Waals surface area (Å²) < 4.78 is 13.1. The molecule has 0 aliphatic carbocycles. The molecule has 1 heterocycles. The lowest BCUT2D eigenvalue weighted by atomic mass is 10.1. The summed E-state index contributed by atoms with van der Waals surface area (Å²) in [4.78, 5) is 35.1. The molecule has 0 atom stereocenters. The van der Waals surface area contributed by atoms with Gasteiger partial charge in [0, 0.05) is 17.7 Å². The number of H-pyrrole nitrogens is 1. The molecule has 0 bridgehead atoms. The van der Waals surface area contributed by atoms with Crippen molar-refractivity contribution in [2.45, 2.75) is 6.54 Å². The third-order valence-corrected chi connectivity index (χ3v) is 4.11. The fourth-order valence-corrected chi connectivity index (χ4v) is 2.62. The van der Waals surface area contributed by atoms with E-state index in [-0.39, 0.29) is 24.8 Å². The Bertz CT molecular complexity index is 1030. The Morgan fingerprint density at radius 1 is 0.966 bits per heavy atom. The predicted molar refractivity (Wildman–Crippen MR) is 103 cm³/mol. The number of nitrogens with two attached hydrogens (primary N) is 1. The summed E-state index contributed by atoms with van der Waals surface area (Å²) in [7, 11) is 0. The van der Waals surface area contributed by atoms with E-state index in [0.29, 0.717) is 22.4 Å². The zero-order chi connectivity index (χ0) is 20.8. The molecule has 0 saturated heterocycles. The summed E-state index contributed by atoms with van der Waals surface area (Å²) in [5.74, 6) is -1.76. The number of aromatic amines is 1. The van der Waals surface area contributed by atoms with Crippen molar-refractivity contribution in [1.29, 1.82) is 0 Å². The number of carbonyl (C=O) groups excluding carboxylic acids is 3. The summed E-state index contributed by atoms with van der Waals surface area (Å²) in [6, 6.07) is 12.3. The number of primary amides is 1. The van der Waals surface area contributed by atoms with Crippen LogP contribution in [-0.2, 0) is 11.3 Å². The molecule has 29 heavy (non-hydrogen) atoms. The number of rotatable bonds is 7. The van der Waals surface area contributed by atoms with Crippen molar-refractivity contribution >= 4 is 17.7 Å². The predicted octanol–water partition coefficient (Wildman–Crippen LogP) is 1.36. The Kier molecular flexibility index (Phi) is 5.98. The minimum absolute atomic E-state index is 0.232. The quantitative estimate of drug-likeness (QED) is 0.481. The normalized spacial score (nSPS) is 10.4. The van der Waals surface area contributed by atoms with Crippen LogP contribution in [-0.4, -0.2) is 34.5 Å². The summed E-state index contributed by atoms with van der Waals surface area (Å²) in [6.45, 7) is -0.00616. The molecule has 0 aliphatic heterocycles. The first-order valence-corrected chi connectivity index (χ1v) is 8.67. The Hall–Kier alpha value is -4.01. The number of benzene rings is 2. The third-order valence-electron chi connectivity index (χ3n) is 4.11. The maximum Gasteiger partial charge on any atom is 0.255 e. The fourth-order valence-electron chi connectivity index (χ4n) is 2.62. The molecule has 0 radical (unpaired) electrons. The minimum Gasteiger partial charge on any atom is -0.368 e. The standard InChI is InChI=1S/C20H18FN5O3/c21-15-7-5-13(6-8-15)18-16(10-25-26-18)20(29)23-9-12-1-3-14(4-2-12)19(28)24-11-17(22)27/h1-8,10H,9,11H2,(H2,22,27)(H,23,29)(H,24,28)(H,25,26). The second-order valence-corrected chi connectivity index (χ2v) is 6.19. The molecule has 3 rings (SSSR count). The highest BCUT2D eigenvalue weighted by atomic mass is 19.1. The number of halogens is 1. The van der Waals surface area contributed by atoms with E-state index in [1.165, 1.54) is 18.3 Å². The lowest BCUT2D eigenvalue weighted by Gasteiger charge is -2.07. The number of carbonyl (C=O) groups is 3. The second kappa shape index (κ2) is 8.79. The van der Waals surface area contributed by atoms with Crippen molar-refractivity contribution in [1.82, 2.24) is 20.8 Å². The van der Waals surface area contributed by atoms with E-state index in [1.807, 2.05) is 0 Å². The summed E-state index contributed by atoms with van der Waals surface area (Å²) in [5.41, 5.74) is 7.59. The van der Waals surface area contributed by atoms with Gasteiger partial charge in [0.25, 0.3) is 11.8 Å². The second-order valence-electron chi connectivity index (χ2n) is 6.19. The summed E-state index contributed by atoms with van der Waals surface area (Å²) in [5, 5.41) is 11.8. The molecule has 9 heteroatoms. The lowest BCUT2D eigenvalue weighted by molar-refractivity contribution is -0.117. The number of nitrogens with one attached hydrogen (secondary N) is 3. The van der Waals surface area contributed by atoms with E-state index < -0.39 is 11.8 Å². The van der Waals surface area contributed by atoms with Crippen molar-refractivity contribution in [3.8, 4) is 11.3 Å². The van der Waals surface area contributed by atoms with Crippen LogP contribution < -0.4 is 16.4 Å². The molecule has 0 spiro atoms. The van der Waals surface area contributed by atoms with Crippen molar-refractivity contribution in [3.05, 3.63) is 77.2 Å². The first-order chi connectivity index (χ1) is 13.9. The molecule has 2 aromatic carbocycles. The topological polar surface area (TPSA) is 130 Å². The highest BCUT2D eigenvalue weighted by molar-refractivity contribution is 5.99. The van der Waals surface area contributed by atoms with Crippen LogP contribution in [0.3, 0.4) is 0 Å². The van der Waals surface area contributed by atoms with Crippen LogP contribution in [0.4, 0.5) is 4.39 Å². The Morgan fingerprint density at radius 3 is 2.31 bits per heavy atom. The molecule has 0 unspecified atom stereocenters. The van der Waals surface area contributed by atoms with Crippen LogP contribution in [0.15, 0.2) is 54.7 Å². The first-order valence-electron chi connectivity index (χ1n) is 8.67. The molecule has 8 nitrogen and oxygen atoms in total. The highest BCUT2D eigenvalue weighted by Gasteiger charge is 2.15. The van der Waals surface area contributed by atoms with Gasteiger partial charge in [-0.25, -0.2) is 4.39 Å². The van der Waals surface area contributed by atoms with Gasteiger partial charge in [0.2, 0.25) is 5.91 Å². The van der Waals surface area contributed by atoms with Crippen LogP contribution in [0.5, 0.6) is 0 Å². The van der Waals surface area contributed by atoms with Crippen molar-refractivity contribution in [2.75, 3.05) is 6.54 Å². The van der Waals surface area contributed by atoms with Gasteiger partial charge in [-0.1, -0.05) is 12.1 Å². The number of hydrogen-bond acceptors (Lipinski definition) is 4. The number of aromatic nitrogens is 2. The summed E-state index contributed by atoms with van der Waals surface area (Å²) in [6.07, 6.45) is 1.40. The maximum atomic E-state index is 13.1. The zero-order valence-electron chi connectivity index (χ0n) is 15.2. The van der Waals surface area contributed by atoms with Gasteiger partial charge in [-0.15, -0.1) is 0 Å². The Balaban J connectivity index is 1.61. The molecule has 0 fully saturated rings. The highest BCUT2D eigenvalue weighted by Crippen LogP contribution is 2.21. The van der Waals surface area contributed by atoms with E-state index in [0.717, 1.165) is 5.56 Å². The van der Waals surface area contributed by atoms with E-state index in [4.69, 9.17) is 5.73 Å². The van der Waals surface area contributed by atoms with Gasteiger partial charge in [-0.05, 0) is 42.0 Å². The largest absolute Gasteiger partial charge is 0.368 e. The molecule has 148 valence electrons. The lowest BCUT2D eigenvalue weighted by Crippen LogP contribution is -2.33. The van der Waals surface area contributed by atoms with Crippen LogP contribution in [0.2, 0.25) is 0 Å². The number of hydrogen-bond donors (Lipinski definition) is 4. The van der Waals surface area contributed by atoms with E-state index in [2.05, 4.69) is 20.8 Å². The van der Waals surface area contributed by atoms with Crippen molar-refractivity contribution < 1.29 is 18.8 Å². The monoisotopic (exact) mass is 395 g/mol. The first kappa shape index (κ1) is 19.7. The van der Waals surface area contributed by atoms with Gasteiger partial charge in [-0.2, -0.15) is 5.10 Å². The molecular formula is C20H18FN5O3. The Labute approximate surface area is 165 Å². The van der Waals surface area contributed by atoms with Crippen molar-refractivity contribution in [2.24, 2.45) is 5.73 Å². The van der Waals surface area contributed by atoms with Gasteiger partial charge in [0.15, 0.2) is 0 Å². The van der Waals surface area contributed by atoms with Crippen LogP contribution in [0, 0.1) is 5.82 Å². The van der Waals surface area contributed by atoms with Gasteiger partial charge in [0.05, 0.1) is 24.0 Å². The summed E-state index contributed by atoms with van der Waals surface area (Å²) >= 11 is 0. The van der Waals surface area contributed by atoms with E-state index in [9.17, 15) is 18.8 Å². The Morgan fingerprint density at radius 2 is 1.66 bits per heavy atom. The van der Waals surface area contributed by atoms with Crippen LogP contribution >= 0.6 is 0 Å². The minimum atomic E-state index is -0.628. The van der Waals surface area contributed by atoms with Gasteiger partial charge in [0.1, 0.15) is 5.82 Å². The van der Waals surface area contributed by atoms with Gasteiger partial charge >= 0.3 is 0 Å². The maximum absolute atomic E-state index is 13.1. The molecule has 0 saturated carbocycles. The van der Waals surface area contributed by atoms with E-state index in [1.54, 1.807) is 36.4 Å². The smallest absolute Gasteiger partial charge is 0.255 e. The molecule has 5 N–H and O–H groups in total. The molecule has 1 aromatic heterocycles. The average Bonchev–Trinajstić information content (AvgIpc) is 3.21. The fraction of sp³-hybridized carbons (Fsp3) is 0.100. The number of amides is 3. The SMILES string of the molecule is NC(=O)CNC(=O)c1ccc(CNC(=O)c2cn[nH]c2-c2ccc(F)cc2)cc1. The average molecular weight is 395 g/mol. The number of nitrogens with zero attached hydrogens (tertiary/aromatic N) is 1. The van der Waals surface area contributed by atoms with Crippen molar-refractivity contribution in [3.63, 3.8) is 0 Å². The van der Waals surface area contributed by atoms with Crippen LogP contribution in [0.25, 0.3) is 11.3 Å². The van der Waals surface area contributed by atoms with E-state index >= 15 is 0 Å². The molecule has 3 aromatic rings. The zero-order valence-corrected chi connectivity index (χ0v) is 15.2. The van der Waals surface area contributed by atoms with Gasteiger partial charge < -0.3 is 16.4 Å². The molecule has 3 amide bonds.